The molecule has 0 saturated heterocycles. The maximum Gasteiger partial charge on any atom is 0.243 e. The number of fused-ring (bicyclic) bond motifs is 1. The number of nitrogens with one attached hydrogen (secondary N) is 1. The molecule has 0 unspecified atom stereocenters. The number of sulfonamides is 1. The van der Waals surface area contributed by atoms with E-state index in [-0.39, 0.29) is 50.6 Å². The first-order valence-corrected chi connectivity index (χ1v) is 16.0. The van der Waals surface area contributed by atoms with E-state index in [0.29, 0.717) is 34.2 Å². The van der Waals surface area contributed by atoms with Gasteiger partial charge in [-0.2, -0.15) is 0 Å². The zero-order valence-electron chi connectivity index (χ0n) is 24.0. The molecule has 0 saturated carbocycles. The van der Waals surface area contributed by atoms with Gasteiger partial charge in [-0.25, -0.2) is 8.42 Å². The van der Waals surface area contributed by atoms with E-state index >= 15 is 0 Å². The minimum atomic E-state index is -3.66. The predicted molar refractivity (Wildman–Crippen MR) is 163 cm³/mol. The van der Waals surface area contributed by atoms with Crippen molar-refractivity contribution in [2.75, 3.05) is 23.9 Å². The van der Waals surface area contributed by atoms with Gasteiger partial charge in [0.15, 0.2) is 11.5 Å². The number of carbonyl (C=O) groups excluding carboxylic acids is 2. The summed E-state index contributed by atoms with van der Waals surface area (Å²) in [5, 5.41) is 3.45. The average molecular weight is 614 g/mol. The number of nitrogens with zero attached hydrogens (tertiary/aromatic N) is 2. The predicted octanol–water partition coefficient (Wildman–Crippen LogP) is 4.78. The lowest BCUT2D eigenvalue weighted by molar-refractivity contribution is -0.141. The molecule has 0 spiro atoms. The van der Waals surface area contributed by atoms with Crippen LogP contribution in [0.15, 0.2) is 72.8 Å². The van der Waals surface area contributed by atoms with Crippen LogP contribution in [-0.4, -0.2) is 56.8 Å². The summed E-state index contributed by atoms with van der Waals surface area (Å²) in [7, 11) is -3.66. The minimum Gasteiger partial charge on any atom is -0.454 e. The van der Waals surface area contributed by atoms with Crippen LogP contribution in [-0.2, 0) is 32.6 Å². The fourth-order valence-corrected chi connectivity index (χ4v) is 5.94. The van der Waals surface area contributed by atoms with Gasteiger partial charge in [-0.05, 0) is 49.6 Å². The summed E-state index contributed by atoms with van der Waals surface area (Å²) >= 11 is 6.47. The smallest absolute Gasteiger partial charge is 0.243 e. The van der Waals surface area contributed by atoms with Crippen LogP contribution < -0.4 is 19.1 Å². The molecule has 1 N–H and O–H groups in total. The molecule has 1 aliphatic rings. The number of rotatable bonds is 13. The lowest BCUT2D eigenvalue weighted by Crippen LogP contribution is -2.51. The van der Waals surface area contributed by atoms with Crippen LogP contribution in [0.25, 0.3) is 0 Å². The fourth-order valence-electron chi connectivity index (χ4n) is 4.79. The summed E-state index contributed by atoms with van der Waals surface area (Å²) in [6.07, 6.45) is 1.67. The van der Waals surface area contributed by atoms with Crippen molar-refractivity contribution in [3.63, 3.8) is 0 Å². The van der Waals surface area contributed by atoms with E-state index in [1.807, 2.05) is 56.3 Å². The Kier molecular flexibility index (Phi) is 10.3. The van der Waals surface area contributed by atoms with Crippen LogP contribution in [0, 0.1) is 0 Å². The van der Waals surface area contributed by atoms with Crippen molar-refractivity contribution in [1.29, 1.82) is 0 Å². The van der Waals surface area contributed by atoms with Crippen LogP contribution in [0.1, 0.15) is 37.8 Å². The van der Waals surface area contributed by atoms with Crippen molar-refractivity contribution in [3.8, 4) is 11.5 Å². The first-order chi connectivity index (χ1) is 20.0. The number of anilines is 1. The molecule has 1 aliphatic heterocycles. The molecular formula is C31H36ClN3O6S. The highest BCUT2D eigenvalue weighted by molar-refractivity contribution is 7.92. The number of hydrogen-bond acceptors (Lipinski definition) is 6. The summed E-state index contributed by atoms with van der Waals surface area (Å²) in [4.78, 5) is 29.0. The Bertz CT molecular complexity index is 1500. The van der Waals surface area contributed by atoms with Gasteiger partial charge >= 0.3 is 0 Å². The van der Waals surface area contributed by atoms with Crippen molar-refractivity contribution in [2.24, 2.45) is 0 Å². The fraction of sp³-hybridized carbons (Fsp3) is 0.355. The Labute approximate surface area is 252 Å². The standard InChI is InChI=1S/C31H36ClN3O6S/c1-22(2)33-31(37)27(18-23-10-5-4-6-11-23)34(20-24-12-7-8-13-26(24)32)30(36)14-9-17-35(42(3,38)39)25-15-16-28-29(19-25)41-21-40-28/h4-8,10-13,15-16,19,22,27H,9,14,17-18,20-21H2,1-3H3,(H,33,37)/t27-/m1/s1. The van der Waals surface area contributed by atoms with Crippen molar-refractivity contribution in [1.82, 2.24) is 10.2 Å². The molecule has 1 heterocycles. The topological polar surface area (TPSA) is 105 Å². The van der Waals surface area contributed by atoms with Gasteiger partial charge in [-0.15, -0.1) is 0 Å². The number of carbonyl (C=O) groups is 2. The highest BCUT2D eigenvalue weighted by atomic mass is 35.5. The van der Waals surface area contributed by atoms with E-state index in [0.717, 1.165) is 11.8 Å². The van der Waals surface area contributed by atoms with Crippen molar-refractivity contribution < 1.29 is 27.5 Å². The van der Waals surface area contributed by atoms with E-state index in [9.17, 15) is 18.0 Å². The molecule has 0 radical (unpaired) electrons. The number of benzene rings is 3. The molecule has 9 nitrogen and oxygen atoms in total. The Balaban J connectivity index is 1.58. The van der Waals surface area contributed by atoms with Crippen LogP contribution in [0.4, 0.5) is 5.69 Å². The van der Waals surface area contributed by atoms with Crippen molar-refractivity contribution in [3.05, 3.63) is 88.9 Å². The molecule has 3 aromatic carbocycles. The van der Waals surface area contributed by atoms with Gasteiger partial charge in [0.2, 0.25) is 28.6 Å². The number of hydrogen-bond donors (Lipinski definition) is 1. The average Bonchev–Trinajstić information content (AvgIpc) is 3.41. The maximum atomic E-state index is 13.9. The summed E-state index contributed by atoms with van der Waals surface area (Å²) < 4.78 is 37.4. The second-order valence-electron chi connectivity index (χ2n) is 10.5. The highest BCUT2D eigenvalue weighted by Gasteiger charge is 2.31. The molecular weight excluding hydrogens is 578 g/mol. The van der Waals surface area contributed by atoms with Gasteiger partial charge in [0.05, 0.1) is 11.9 Å². The molecule has 4 rings (SSSR count). The summed E-state index contributed by atoms with van der Waals surface area (Å²) in [5.74, 6) is 0.450. The van der Waals surface area contributed by atoms with E-state index in [1.165, 1.54) is 4.31 Å². The second kappa shape index (κ2) is 13.9. The highest BCUT2D eigenvalue weighted by Crippen LogP contribution is 2.36. The van der Waals surface area contributed by atoms with Crippen LogP contribution in [0.5, 0.6) is 11.5 Å². The minimum absolute atomic E-state index is 0.0152. The third-order valence-electron chi connectivity index (χ3n) is 6.80. The number of halogens is 1. The largest absolute Gasteiger partial charge is 0.454 e. The zero-order chi connectivity index (χ0) is 30.3. The van der Waals surface area contributed by atoms with E-state index < -0.39 is 16.1 Å². The third-order valence-corrected chi connectivity index (χ3v) is 8.36. The van der Waals surface area contributed by atoms with Gasteiger partial charge in [0.1, 0.15) is 6.04 Å². The second-order valence-corrected chi connectivity index (χ2v) is 12.8. The molecule has 0 aliphatic carbocycles. The molecule has 0 bridgehead atoms. The molecule has 0 aromatic heterocycles. The summed E-state index contributed by atoms with van der Waals surface area (Å²) in [5.41, 5.74) is 2.03. The molecule has 224 valence electrons. The van der Waals surface area contributed by atoms with Crippen LogP contribution >= 0.6 is 11.6 Å². The number of amides is 2. The van der Waals surface area contributed by atoms with E-state index in [4.69, 9.17) is 21.1 Å². The van der Waals surface area contributed by atoms with Gasteiger partial charge in [-0.3, -0.25) is 13.9 Å². The SMILES string of the molecule is CC(C)NC(=O)[C@@H](Cc1ccccc1)N(Cc1ccccc1Cl)C(=O)CCCN(c1ccc2c(c1)OCO2)S(C)(=O)=O. The van der Waals surface area contributed by atoms with Crippen molar-refractivity contribution >= 4 is 39.1 Å². The Hall–Kier alpha value is -3.76. The van der Waals surface area contributed by atoms with E-state index in [2.05, 4.69) is 5.32 Å². The van der Waals surface area contributed by atoms with Gasteiger partial charge in [0.25, 0.3) is 0 Å². The molecule has 0 fully saturated rings. The van der Waals surface area contributed by atoms with Crippen LogP contribution in [0.2, 0.25) is 5.02 Å². The Morgan fingerprint density at radius 1 is 0.976 bits per heavy atom. The van der Waals surface area contributed by atoms with Gasteiger partial charge < -0.3 is 19.7 Å². The maximum absolute atomic E-state index is 13.9. The lowest BCUT2D eigenvalue weighted by Gasteiger charge is -2.32. The van der Waals surface area contributed by atoms with Crippen LogP contribution in [0.3, 0.4) is 0 Å². The quantitative estimate of drug-likeness (QED) is 0.298. The normalized spacial score (nSPS) is 13.1. The summed E-state index contributed by atoms with van der Waals surface area (Å²) in [6, 6.07) is 20.7. The molecule has 11 heteroatoms. The Morgan fingerprint density at radius 3 is 2.36 bits per heavy atom. The monoisotopic (exact) mass is 613 g/mol. The zero-order valence-corrected chi connectivity index (χ0v) is 25.5. The molecule has 2 amide bonds. The Morgan fingerprint density at radius 2 is 1.67 bits per heavy atom. The summed E-state index contributed by atoms with van der Waals surface area (Å²) in [6.45, 7) is 3.99. The van der Waals surface area contributed by atoms with Gasteiger partial charge in [-0.1, -0.05) is 60.1 Å². The van der Waals surface area contributed by atoms with E-state index in [1.54, 1.807) is 35.2 Å². The number of ether oxygens (including phenoxy) is 2. The molecule has 42 heavy (non-hydrogen) atoms. The van der Waals surface area contributed by atoms with Gasteiger partial charge in [0, 0.05) is 43.1 Å². The molecule has 1 atom stereocenters. The third kappa shape index (κ3) is 8.17. The van der Waals surface area contributed by atoms with Crippen molar-refractivity contribution in [2.45, 2.75) is 51.7 Å². The molecule has 3 aromatic rings. The first-order valence-electron chi connectivity index (χ1n) is 13.8. The first kappa shape index (κ1) is 31.2. The lowest BCUT2D eigenvalue weighted by atomic mass is 10.0.